The van der Waals surface area contributed by atoms with Crippen LogP contribution in [-0.2, 0) is 0 Å². The first-order valence-electron chi connectivity index (χ1n) is 4.89. The number of hydrogen-bond donors (Lipinski definition) is 2. The molecule has 0 aliphatic carbocycles. The molecule has 3 nitrogen and oxygen atoms in total. The van der Waals surface area contributed by atoms with E-state index in [4.69, 9.17) is 0 Å². The summed E-state index contributed by atoms with van der Waals surface area (Å²) in [4.78, 5) is 4.34. The lowest BCUT2D eigenvalue weighted by Crippen LogP contribution is -2.32. The van der Waals surface area contributed by atoms with Gasteiger partial charge in [0.15, 0.2) is 5.96 Å². The van der Waals surface area contributed by atoms with Crippen molar-refractivity contribution >= 4 is 11.6 Å². The number of guanidine groups is 1. The third kappa shape index (κ3) is 2.05. The zero-order valence-corrected chi connectivity index (χ0v) is 8.54. The molecule has 0 saturated heterocycles. The summed E-state index contributed by atoms with van der Waals surface area (Å²) in [5, 5.41) is 6.51. The summed E-state index contributed by atoms with van der Waals surface area (Å²) >= 11 is 0. The molecule has 2 rings (SSSR count). The van der Waals surface area contributed by atoms with E-state index in [2.05, 4.69) is 41.6 Å². The fourth-order valence-electron chi connectivity index (χ4n) is 1.49. The summed E-state index contributed by atoms with van der Waals surface area (Å²) < 4.78 is 0. The number of benzene rings is 1. The Kier molecular flexibility index (Phi) is 2.39. The van der Waals surface area contributed by atoms with E-state index < -0.39 is 0 Å². The number of hydrogen-bond acceptors (Lipinski definition) is 3. The zero-order valence-electron chi connectivity index (χ0n) is 8.54. The Bertz CT molecular complexity index is 357. The van der Waals surface area contributed by atoms with Crippen LogP contribution < -0.4 is 10.6 Å². The Morgan fingerprint density at radius 1 is 1.50 bits per heavy atom. The van der Waals surface area contributed by atoms with Crippen molar-refractivity contribution in [3.63, 3.8) is 0 Å². The molecule has 14 heavy (non-hydrogen) atoms. The lowest BCUT2D eigenvalue weighted by Gasteiger charge is -2.08. The maximum Gasteiger partial charge on any atom is 0.196 e. The van der Waals surface area contributed by atoms with Gasteiger partial charge in [0.25, 0.3) is 0 Å². The Morgan fingerprint density at radius 3 is 3.00 bits per heavy atom. The molecule has 0 fully saturated rings. The van der Waals surface area contributed by atoms with E-state index >= 15 is 0 Å². The van der Waals surface area contributed by atoms with E-state index in [9.17, 15) is 0 Å². The van der Waals surface area contributed by atoms with E-state index in [0.29, 0.717) is 6.04 Å². The first-order chi connectivity index (χ1) is 6.74. The zero-order chi connectivity index (χ0) is 9.97. The van der Waals surface area contributed by atoms with Gasteiger partial charge in [-0.25, -0.2) is 0 Å². The minimum absolute atomic E-state index is 0.447. The fourth-order valence-corrected chi connectivity index (χ4v) is 1.49. The fraction of sp³-hybridized carbons (Fsp3) is 0.364. The Hall–Kier alpha value is -1.51. The first-order valence-corrected chi connectivity index (χ1v) is 4.89. The van der Waals surface area contributed by atoms with Crippen molar-refractivity contribution < 1.29 is 0 Å². The van der Waals surface area contributed by atoms with Gasteiger partial charge in [-0.2, -0.15) is 0 Å². The largest absolute Gasteiger partial charge is 0.352 e. The van der Waals surface area contributed by atoms with Crippen LogP contribution in [-0.4, -0.2) is 18.5 Å². The van der Waals surface area contributed by atoms with Crippen LogP contribution in [0, 0.1) is 6.92 Å². The lowest BCUT2D eigenvalue weighted by molar-refractivity contribution is 0.725. The molecule has 1 aliphatic rings. The van der Waals surface area contributed by atoms with Crippen LogP contribution in [0.2, 0.25) is 0 Å². The Balaban J connectivity index is 2.04. The van der Waals surface area contributed by atoms with Crippen LogP contribution in [0.25, 0.3) is 0 Å². The van der Waals surface area contributed by atoms with Gasteiger partial charge in [0.1, 0.15) is 0 Å². The normalized spacial score (nSPS) is 20.1. The van der Waals surface area contributed by atoms with Crippen molar-refractivity contribution in [3.8, 4) is 0 Å². The van der Waals surface area contributed by atoms with Crippen molar-refractivity contribution in [2.45, 2.75) is 19.9 Å². The summed E-state index contributed by atoms with van der Waals surface area (Å²) in [5.41, 5.74) is 2.34. The van der Waals surface area contributed by atoms with E-state index in [1.54, 1.807) is 0 Å². The molecule has 1 unspecified atom stereocenters. The highest BCUT2D eigenvalue weighted by atomic mass is 15.2. The molecule has 0 saturated carbocycles. The summed E-state index contributed by atoms with van der Waals surface area (Å²) in [6, 6.07) is 8.71. The number of nitrogens with zero attached hydrogens (tertiary/aromatic N) is 1. The molecule has 0 radical (unpaired) electrons. The van der Waals surface area contributed by atoms with Crippen LogP contribution in [0.3, 0.4) is 0 Å². The van der Waals surface area contributed by atoms with E-state index in [-0.39, 0.29) is 0 Å². The van der Waals surface area contributed by atoms with Crippen molar-refractivity contribution in [2.75, 3.05) is 11.9 Å². The number of aliphatic imine (C=N–C) groups is 1. The highest BCUT2D eigenvalue weighted by Gasteiger charge is 2.11. The minimum Gasteiger partial charge on any atom is -0.352 e. The quantitative estimate of drug-likeness (QED) is 0.706. The summed E-state index contributed by atoms with van der Waals surface area (Å²) in [6.07, 6.45) is 0. The van der Waals surface area contributed by atoms with Crippen molar-refractivity contribution in [1.29, 1.82) is 0 Å². The van der Waals surface area contributed by atoms with Gasteiger partial charge >= 0.3 is 0 Å². The second-order valence-electron chi connectivity index (χ2n) is 3.73. The molecule has 0 bridgehead atoms. The van der Waals surface area contributed by atoms with Crippen LogP contribution >= 0.6 is 0 Å². The number of rotatable bonds is 1. The maximum atomic E-state index is 4.34. The smallest absolute Gasteiger partial charge is 0.196 e. The molecule has 3 heteroatoms. The third-order valence-electron chi connectivity index (χ3n) is 2.19. The summed E-state index contributed by atoms with van der Waals surface area (Å²) in [5.74, 6) is 0.878. The van der Waals surface area contributed by atoms with Crippen LogP contribution in [0.5, 0.6) is 0 Å². The molecule has 1 aromatic carbocycles. The highest BCUT2D eigenvalue weighted by Crippen LogP contribution is 2.10. The SMILES string of the molecule is Cc1cccc(NC2=NCC(C)N2)c1. The van der Waals surface area contributed by atoms with E-state index in [0.717, 1.165) is 18.2 Å². The van der Waals surface area contributed by atoms with Gasteiger partial charge in [-0.1, -0.05) is 12.1 Å². The Labute approximate surface area is 84.2 Å². The number of aryl methyl sites for hydroxylation is 1. The molecule has 1 aromatic rings. The monoisotopic (exact) mass is 189 g/mol. The molecule has 2 N–H and O–H groups in total. The standard InChI is InChI=1S/C11H15N3/c1-8-4-3-5-10(6-8)14-11-12-7-9(2)13-11/h3-6,9H,7H2,1-2H3,(H2,12,13,14). The first kappa shape index (κ1) is 9.06. The minimum atomic E-state index is 0.447. The van der Waals surface area contributed by atoms with Crippen molar-refractivity contribution in [2.24, 2.45) is 4.99 Å². The average Bonchev–Trinajstić information content (AvgIpc) is 2.51. The second-order valence-corrected chi connectivity index (χ2v) is 3.73. The van der Waals surface area contributed by atoms with Gasteiger partial charge < -0.3 is 10.6 Å². The van der Waals surface area contributed by atoms with Gasteiger partial charge in [0.2, 0.25) is 0 Å². The predicted molar refractivity (Wildman–Crippen MR) is 59.7 cm³/mol. The molecule has 1 heterocycles. The van der Waals surface area contributed by atoms with Gasteiger partial charge in [-0.15, -0.1) is 0 Å². The van der Waals surface area contributed by atoms with Gasteiger partial charge in [0.05, 0.1) is 6.54 Å². The molecule has 1 atom stereocenters. The molecular weight excluding hydrogens is 174 g/mol. The molecule has 74 valence electrons. The predicted octanol–water partition coefficient (Wildman–Crippen LogP) is 1.75. The molecule has 0 spiro atoms. The number of nitrogens with one attached hydrogen (secondary N) is 2. The molecular formula is C11H15N3. The van der Waals surface area contributed by atoms with Crippen LogP contribution in [0.15, 0.2) is 29.3 Å². The number of anilines is 1. The van der Waals surface area contributed by atoms with Crippen molar-refractivity contribution in [1.82, 2.24) is 5.32 Å². The second kappa shape index (κ2) is 3.70. The molecule has 0 aromatic heterocycles. The van der Waals surface area contributed by atoms with Gasteiger partial charge in [0, 0.05) is 11.7 Å². The van der Waals surface area contributed by atoms with E-state index in [1.807, 2.05) is 12.1 Å². The van der Waals surface area contributed by atoms with Gasteiger partial charge in [-0.3, -0.25) is 4.99 Å². The summed E-state index contributed by atoms with van der Waals surface area (Å²) in [7, 11) is 0. The lowest BCUT2D eigenvalue weighted by atomic mass is 10.2. The van der Waals surface area contributed by atoms with Gasteiger partial charge in [-0.05, 0) is 31.5 Å². The molecule has 1 aliphatic heterocycles. The molecule has 0 amide bonds. The third-order valence-corrected chi connectivity index (χ3v) is 2.19. The average molecular weight is 189 g/mol. The topological polar surface area (TPSA) is 36.4 Å². The van der Waals surface area contributed by atoms with Crippen LogP contribution in [0.4, 0.5) is 5.69 Å². The maximum absolute atomic E-state index is 4.34. The van der Waals surface area contributed by atoms with Crippen molar-refractivity contribution in [3.05, 3.63) is 29.8 Å². The Morgan fingerprint density at radius 2 is 2.36 bits per heavy atom. The van der Waals surface area contributed by atoms with Crippen LogP contribution in [0.1, 0.15) is 12.5 Å². The highest BCUT2D eigenvalue weighted by molar-refractivity contribution is 5.94. The summed E-state index contributed by atoms with van der Waals surface area (Å²) in [6.45, 7) is 5.06. The van der Waals surface area contributed by atoms with E-state index in [1.165, 1.54) is 5.56 Å².